The molecular formula is C10H14N4S. The van der Waals surface area contributed by atoms with E-state index in [9.17, 15) is 0 Å². The van der Waals surface area contributed by atoms with Gasteiger partial charge in [0.15, 0.2) is 0 Å². The molecule has 0 saturated heterocycles. The largest absolute Gasteiger partial charge is 0.382 e. The molecular weight excluding hydrogens is 208 g/mol. The fourth-order valence-electron chi connectivity index (χ4n) is 1.76. The second-order valence-corrected chi connectivity index (χ2v) is 4.94. The van der Waals surface area contributed by atoms with Crippen molar-refractivity contribution in [2.24, 2.45) is 5.73 Å². The molecule has 1 heterocycles. The molecule has 1 aromatic heterocycles. The Labute approximate surface area is 93.2 Å². The van der Waals surface area contributed by atoms with E-state index in [1.165, 1.54) is 25.7 Å². The molecule has 1 saturated carbocycles. The maximum atomic E-state index is 7.41. The van der Waals surface area contributed by atoms with Gasteiger partial charge in [-0.25, -0.2) is 9.97 Å². The van der Waals surface area contributed by atoms with Crippen LogP contribution >= 0.6 is 11.8 Å². The van der Waals surface area contributed by atoms with Crippen LogP contribution in [0.15, 0.2) is 17.4 Å². The van der Waals surface area contributed by atoms with Crippen LogP contribution in [0.4, 0.5) is 0 Å². The molecule has 0 spiro atoms. The second-order valence-electron chi connectivity index (χ2n) is 3.65. The number of nitrogens with one attached hydrogen (secondary N) is 1. The van der Waals surface area contributed by atoms with Crippen LogP contribution < -0.4 is 5.73 Å². The number of hydrogen-bond donors (Lipinski definition) is 2. The Kier molecular flexibility index (Phi) is 3.20. The van der Waals surface area contributed by atoms with Crippen LogP contribution in [-0.4, -0.2) is 21.1 Å². The number of hydrogen-bond acceptors (Lipinski definition) is 4. The van der Waals surface area contributed by atoms with Crippen LogP contribution in [0.25, 0.3) is 0 Å². The lowest BCUT2D eigenvalue weighted by Gasteiger charge is -2.09. The minimum absolute atomic E-state index is 0.00333. The van der Waals surface area contributed by atoms with E-state index in [0.29, 0.717) is 10.9 Å². The summed E-state index contributed by atoms with van der Waals surface area (Å²) in [6.07, 6.45) is 8.30. The number of nitrogen functional groups attached to an aromatic ring is 1. The zero-order chi connectivity index (χ0) is 10.7. The van der Waals surface area contributed by atoms with Crippen LogP contribution in [0.1, 0.15) is 31.4 Å². The van der Waals surface area contributed by atoms with Crippen LogP contribution in [-0.2, 0) is 0 Å². The lowest BCUT2D eigenvalue weighted by atomic mass is 10.4. The third-order valence-corrected chi connectivity index (χ3v) is 3.83. The van der Waals surface area contributed by atoms with E-state index in [4.69, 9.17) is 11.1 Å². The van der Waals surface area contributed by atoms with Crippen LogP contribution in [0.3, 0.4) is 0 Å². The summed E-state index contributed by atoms with van der Waals surface area (Å²) in [7, 11) is 0. The van der Waals surface area contributed by atoms with Crippen LogP contribution in [0.2, 0.25) is 0 Å². The molecule has 0 bridgehead atoms. The third kappa shape index (κ3) is 2.47. The summed E-state index contributed by atoms with van der Waals surface area (Å²) in [6.45, 7) is 0. The van der Waals surface area contributed by atoms with Crippen molar-refractivity contribution in [2.75, 3.05) is 0 Å². The summed E-state index contributed by atoms with van der Waals surface area (Å²) < 4.78 is 0. The molecule has 0 aromatic carbocycles. The maximum absolute atomic E-state index is 7.41. The highest BCUT2D eigenvalue weighted by Crippen LogP contribution is 2.34. The topological polar surface area (TPSA) is 75.7 Å². The summed E-state index contributed by atoms with van der Waals surface area (Å²) in [5, 5.41) is 8.84. The summed E-state index contributed by atoms with van der Waals surface area (Å²) in [5.41, 5.74) is 5.98. The lowest BCUT2D eigenvalue weighted by molar-refractivity contribution is 0.886. The van der Waals surface area contributed by atoms with Gasteiger partial charge in [0.1, 0.15) is 16.6 Å². The summed E-state index contributed by atoms with van der Waals surface area (Å²) in [6, 6.07) is 0. The second kappa shape index (κ2) is 4.61. The fraction of sp³-hybridized carbons (Fsp3) is 0.500. The Morgan fingerprint density at radius 2 is 2.00 bits per heavy atom. The third-order valence-electron chi connectivity index (χ3n) is 2.50. The Morgan fingerprint density at radius 3 is 2.67 bits per heavy atom. The molecule has 0 atom stereocenters. The van der Waals surface area contributed by atoms with E-state index >= 15 is 0 Å². The van der Waals surface area contributed by atoms with Gasteiger partial charge in [0, 0.05) is 17.6 Å². The number of amidine groups is 1. The van der Waals surface area contributed by atoms with E-state index in [-0.39, 0.29) is 5.84 Å². The van der Waals surface area contributed by atoms with Gasteiger partial charge in [0.05, 0.1) is 0 Å². The summed E-state index contributed by atoms with van der Waals surface area (Å²) in [4.78, 5) is 8.33. The lowest BCUT2D eigenvalue weighted by Crippen LogP contribution is -2.15. The highest BCUT2D eigenvalue weighted by atomic mass is 32.2. The van der Waals surface area contributed by atoms with Crippen molar-refractivity contribution in [1.82, 2.24) is 9.97 Å². The van der Waals surface area contributed by atoms with Crippen molar-refractivity contribution in [3.05, 3.63) is 18.1 Å². The molecule has 3 N–H and O–H groups in total. The standard InChI is InChI=1S/C10H14N4S/c11-9(12)8-10(14-6-5-13-8)15-7-3-1-2-4-7/h5-7H,1-4H2,(H3,11,12). The first-order valence-corrected chi connectivity index (χ1v) is 5.97. The first-order valence-electron chi connectivity index (χ1n) is 5.09. The van der Waals surface area contributed by atoms with E-state index < -0.39 is 0 Å². The molecule has 0 aliphatic heterocycles. The monoisotopic (exact) mass is 222 g/mol. The minimum Gasteiger partial charge on any atom is -0.382 e. The fourth-order valence-corrected chi connectivity index (χ4v) is 3.04. The number of aromatic nitrogens is 2. The van der Waals surface area contributed by atoms with Crippen molar-refractivity contribution in [2.45, 2.75) is 36.0 Å². The van der Waals surface area contributed by atoms with Gasteiger partial charge in [-0.05, 0) is 12.8 Å². The molecule has 5 heteroatoms. The minimum atomic E-state index is 0.00333. The molecule has 1 aliphatic rings. The summed E-state index contributed by atoms with van der Waals surface area (Å²) >= 11 is 1.71. The van der Waals surface area contributed by atoms with Crippen molar-refractivity contribution in [3.63, 3.8) is 0 Å². The predicted molar refractivity (Wildman–Crippen MR) is 61.2 cm³/mol. The maximum Gasteiger partial charge on any atom is 0.144 e. The van der Waals surface area contributed by atoms with E-state index in [2.05, 4.69) is 9.97 Å². The van der Waals surface area contributed by atoms with Crippen molar-refractivity contribution in [3.8, 4) is 0 Å². The Hall–Kier alpha value is -1.10. The number of nitrogens with zero attached hydrogens (tertiary/aromatic N) is 2. The highest BCUT2D eigenvalue weighted by molar-refractivity contribution is 7.99. The van der Waals surface area contributed by atoms with E-state index in [1.807, 2.05) is 0 Å². The Balaban J connectivity index is 2.15. The molecule has 0 amide bonds. The average Bonchev–Trinajstić information content (AvgIpc) is 2.71. The van der Waals surface area contributed by atoms with Crippen LogP contribution in [0.5, 0.6) is 0 Å². The van der Waals surface area contributed by atoms with Gasteiger partial charge in [-0.2, -0.15) is 0 Å². The zero-order valence-corrected chi connectivity index (χ0v) is 9.26. The summed E-state index contributed by atoms with van der Waals surface area (Å²) in [5.74, 6) is 0.00333. The normalized spacial score (nSPS) is 16.8. The molecule has 1 fully saturated rings. The molecule has 2 rings (SSSR count). The number of thioether (sulfide) groups is 1. The number of rotatable bonds is 3. The predicted octanol–water partition coefficient (Wildman–Crippen LogP) is 1.80. The zero-order valence-electron chi connectivity index (χ0n) is 8.44. The van der Waals surface area contributed by atoms with E-state index in [0.717, 1.165) is 5.03 Å². The van der Waals surface area contributed by atoms with Crippen molar-refractivity contribution < 1.29 is 0 Å². The number of nitrogens with two attached hydrogens (primary N) is 1. The highest BCUT2D eigenvalue weighted by Gasteiger charge is 2.19. The van der Waals surface area contributed by atoms with E-state index in [1.54, 1.807) is 24.2 Å². The van der Waals surface area contributed by atoms with Gasteiger partial charge < -0.3 is 5.73 Å². The van der Waals surface area contributed by atoms with Gasteiger partial charge in [-0.15, -0.1) is 11.8 Å². The SMILES string of the molecule is N=C(N)c1nccnc1SC1CCCC1. The van der Waals surface area contributed by atoms with Gasteiger partial charge in [0.25, 0.3) is 0 Å². The molecule has 15 heavy (non-hydrogen) atoms. The molecule has 0 unspecified atom stereocenters. The molecule has 80 valence electrons. The van der Waals surface area contributed by atoms with Crippen LogP contribution in [0, 0.1) is 5.41 Å². The van der Waals surface area contributed by atoms with Gasteiger partial charge >= 0.3 is 0 Å². The quantitative estimate of drug-likeness (QED) is 0.604. The van der Waals surface area contributed by atoms with Gasteiger partial charge in [0.2, 0.25) is 0 Å². The first-order chi connectivity index (χ1) is 7.27. The Morgan fingerprint density at radius 1 is 1.33 bits per heavy atom. The Bertz CT molecular complexity index is 360. The molecule has 1 aliphatic carbocycles. The first kappa shape index (κ1) is 10.4. The van der Waals surface area contributed by atoms with Crippen molar-refractivity contribution in [1.29, 1.82) is 5.41 Å². The molecule has 0 radical (unpaired) electrons. The molecule has 4 nitrogen and oxygen atoms in total. The smallest absolute Gasteiger partial charge is 0.144 e. The average molecular weight is 222 g/mol. The molecule has 1 aromatic rings. The van der Waals surface area contributed by atoms with Crippen molar-refractivity contribution >= 4 is 17.6 Å². The van der Waals surface area contributed by atoms with Gasteiger partial charge in [-0.3, -0.25) is 5.41 Å². The van der Waals surface area contributed by atoms with Gasteiger partial charge in [-0.1, -0.05) is 12.8 Å².